The fraction of sp³-hybridized carbons (Fsp3) is 0.211. The number of hydrogen-bond acceptors (Lipinski definition) is 8. The number of nitrogens with one attached hydrogen (secondary N) is 2. The van der Waals surface area contributed by atoms with Gasteiger partial charge in [-0.2, -0.15) is 0 Å². The summed E-state index contributed by atoms with van der Waals surface area (Å²) < 4.78 is 37.9. The van der Waals surface area contributed by atoms with E-state index in [4.69, 9.17) is 9.47 Å². The van der Waals surface area contributed by atoms with Crippen molar-refractivity contribution in [3.05, 3.63) is 60.2 Å². The summed E-state index contributed by atoms with van der Waals surface area (Å²) in [6.07, 6.45) is 0. The standard InChI is InChI=1S/C19H20N4O5S2/c1-13(12-28-16-10-8-15(27-2)9-11-16)23-30(25,26)19-22-21-18(29-19)20-17(24)14-6-4-3-5-7-14/h3-11,13,23H,12H2,1-2H3,(H,20,21,24)/t13-/m1/s1. The highest BCUT2D eigenvalue weighted by Gasteiger charge is 2.23. The number of nitrogens with zero attached hydrogens (tertiary/aromatic N) is 2. The molecule has 11 heteroatoms. The van der Waals surface area contributed by atoms with Crippen LogP contribution >= 0.6 is 11.3 Å². The lowest BCUT2D eigenvalue weighted by atomic mass is 10.2. The Kier molecular flexibility index (Phi) is 6.98. The molecule has 1 aromatic heterocycles. The monoisotopic (exact) mass is 448 g/mol. The molecule has 0 radical (unpaired) electrons. The summed E-state index contributed by atoms with van der Waals surface area (Å²) in [6.45, 7) is 1.78. The van der Waals surface area contributed by atoms with Crippen LogP contribution in [0.15, 0.2) is 58.9 Å². The third kappa shape index (κ3) is 5.75. The van der Waals surface area contributed by atoms with Crippen LogP contribution in [0.3, 0.4) is 0 Å². The summed E-state index contributed by atoms with van der Waals surface area (Å²) >= 11 is 0.764. The van der Waals surface area contributed by atoms with Crippen LogP contribution in [0.1, 0.15) is 17.3 Å². The average molecular weight is 449 g/mol. The summed E-state index contributed by atoms with van der Waals surface area (Å²) in [4.78, 5) is 12.1. The van der Waals surface area contributed by atoms with Crippen LogP contribution in [0.4, 0.5) is 5.13 Å². The van der Waals surface area contributed by atoms with Crippen molar-refractivity contribution in [3.8, 4) is 11.5 Å². The first-order valence-electron chi connectivity index (χ1n) is 8.86. The van der Waals surface area contributed by atoms with Gasteiger partial charge in [-0.05, 0) is 43.3 Å². The lowest BCUT2D eigenvalue weighted by molar-refractivity contribution is 0.102. The SMILES string of the molecule is COc1ccc(OC[C@@H](C)NS(=O)(=O)c2nnc(NC(=O)c3ccccc3)s2)cc1. The number of carbonyl (C=O) groups is 1. The van der Waals surface area contributed by atoms with Crippen molar-refractivity contribution in [2.45, 2.75) is 17.3 Å². The molecule has 0 aliphatic rings. The first-order chi connectivity index (χ1) is 14.4. The summed E-state index contributed by atoms with van der Waals surface area (Å²) in [5.74, 6) is 0.885. The van der Waals surface area contributed by atoms with Crippen molar-refractivity contribution in [1.82, 2.24) is 14.9 Å². The van der Waals surface area contributed by atoms with E-state index in [0.717, 1.165) is 11.3 Å². The Morgan fingerprint density at radius 2 is 1.73 bits per heavy atom. The molecule has 0 fully saturated rings. The van der Waals surface area contributed by atoms with Gasteiger partial charge in [-0.1, -0.05) is 29.5 Å². The van der Waals surface area contributed by atoms with E-state index in [1.807, 2.05) is 0 Å². The van der Waals surface area contributed by atoms with E-state index in [9.17, 15) is 13.2 Å². The molecule has 0 aliphatic carbocycles. The normalized spacial score (nSPS) is 12.2. The number of rotatable bonds is 9. The summed E-state index contributed by atoms with van der Waals surface area (Å²) in [5.41, 5.74) is 0.430. The van der Waals surface area contributed by atoms with Gasteiger partial charge in [0.1, 0.15) is 18.1 Å². The molecule has 158 valence electrons. The molecule has 0 saturated carbocycles. The molecule has 0 unspecified atom stereocenters. The van der Waals surface area contributed by atoms with Gasteiger partial charge in [-0.3, -0.25) is 10.1 Å². The summed E-state index contributed by atoms with van der Waals surface area (Å²) in [6, 6.07) is 14.9. The zero-order valence-electron chi connectivity index (χ0n) is 16.2. The molecule has 3 aromatic rings. The highest BCUT2D eigenvalue weighted by molar-refractivity contribution is 7.91. The second kappa shape index (κ2) is 9.65. The maximum atomic E-state index is 12.5. The molecule has 0 bridgehead atoms. The fourth-order valence-electron chi connectivity index (χ4n) is 2.37. The number of hydrogen-bond donors (Lipinski definition) is 2. The highest BCUT2D eigenvalue weighted by Crippen LogP contribution is 2.21. The number of amides is 1. The lowest BCUT2D eigenvalue weighted by Gasteiger charge is -2.14. The molecule has 0 aliphatic heterocycles. The van der Waals surface area contributed by atoms with Gasteiger partial charge in [-0.15, -0.1) is 10.2 Å². The number of aromatic nitrogens is 2. The minimum absolute atomic E-state index is 0.0892. The molecule has 2 N–H and O–H groups in total. The largest absolute Gasteiger partial charge is 0.497 e. The molecule has 1 atom stereocenters. The Balaban J connectivity index is 1.56. The van der Waals surface area contributed by atoms with Crippen LogP contribution in [-0.2, 0) is 10.0 Å². The Bertz CT molecular complexity index is 1090. The van der Waals surface area contributed by atoms with E-state index in [1.54, 1.807) is 68.6 Å². The number of sulfonamides is 1. The number of ether oxygens (including phenoxy) is 2. The summed E-state index contributed by atoms with van der Waals surface area (Å²) in [7, 11) is -2.34. The van der Waals surface area contributed by atoms with E-state index < -0.39 is 22.0 Å². The Labute approximate surface area is 178 Å². The minimum atomic E-state index is -3.91. The van der Waals surface area contributed by atoms with Gasteiger partial charge in [-0.25, -0.2) is 13.1 Å². The average Bonchev–Trinajstić information content (AvgIpc) is 3.22. The smallest absolute Gasteiger partial charge is 0.270 e. The highest BCUT2D eigenvalue weighted by atomic mass is 32.2. The van der Waals surface area contributed by atoms with Crippen molar-refractivity contribution in [2.75, 3.05) is 19.0 Å². The van der Waals surface area contributed by atoms with Gasteiger partial charge in [0.15, 0.2) is 0 Å². The predicted octanol–water partition coefficient (Wildman–Crippen LogP) is 2.54. The zero-order valence-corrected chi connectivity index (χ0v) is 17.9. The first-order valence-corrected chi connectivity index (χ1v) is 11.2. The van der Waals surface area contributed by atoms with Gasteiger partial charge < -0.3 is 9.47 Å². The van der Waals surface area contributed by atoms with Crippen molar-refractivity contribution in [3.63, 3.8) is 0 Å². The Morgan fingerprint density at radius 3 is 2.40 bits per heavy atom. The number of carbonyl (C=O) groups excluding carboxylic acids is 1. The van der Waals surface area contributed by atoms with Crippen molar-refractivity contribution in [1.29, 1.82) is 0 Å². The molecular formula is C19H20N4O5S2. The van der Waals surface area contributed by atoms with Crippen molar-refractivity contribution in [2.24, 2.45) is 0 Å². The van der Waals surface area contributed by atoms with E-state index in [0.29, 0.717) is 17.1 Å². The summed E-state index contributed by atoms with van der Waals surface area (Å²) in [5, 5.41) is 10.0. The van der Waals surface area contributed by atoms with Gasteiger partial charge in [0.25, 0.3) is 15.9 Å². The van der Waals surface area contributed by atoms with E-state index in [2.05, 4.69) is 20.2 Å². The maximum absolute atomic E-state index is 12.5. The number of benzene rings is 2. The second-order valence-corrected chi connectivity index (χ2v) is 9.07. The van der Waals surface area contributed by atoms with Crippen LogP contribution in [0.5, 0.6) is 11.5 Å². The molecule has 9 nitrogen and oxygen atoms in total. The topological polar surface area (TPSA) is 120 Å². The molecule has 1 amide bonds. The fourth-order valence-corrected chi connectivity index (χ4v) is 4.51. The Hall–Kier alpha value is -3.02. The zero-order chi connectivity index (χ0) is 21.6. The van der Waals surface area contributed by atoms with E-state index >= 15 is 0 Å². The van der Waals surface area contributed by atoms with Crippen LogP contribution in [0.25, 0.3) is 0 Å². The molecule has 0 saturated heterocycles. The minimum Gasteiger partial charge on any atom is -0.497 e. The van der Waals surface area contributed by atoms with Crippen molar-refractivity contribution >= 4 is 32.4 Å². The quantitative estimate of drug-likeness (QED) is 0.483. The molecule has 0 spiro atoms. The van der Waals surface area contributed by atoms with E-state index in [1.165, 1.54) is 0 Å². The molecule has 3 rings (SSSR count). The second-order valence-electron chi connectivity index (χ2n) is 6.20. The van der Waals surface area contributed by atoms with Gasteiger partial charge in [0.05, 0.1) is 13.2 Å². The first kappa shape index (κ1) is 21.7. The van der Waals surface area contributed by atoms with Crippen LogP contribution in [-0.4, -0.2) is 44.3 Å². The van der Waals surface area contributed by atoms with Gasteiger partial charge in [0, 0.05) is 5.56 Å². The van der Waals surface area contributed by atoms with Gasteiger partial charge >= 0.3 is 0 Å². The van der Waals surface area contributed by atoms with Crippen LogP contribution in [0.2, 0.25) is 0 Å². The molecule has 30 heavy (non-hydrogen) atoms. The molecule has 2 aromatic carbocycles. The maximum Gasteiger partial charge on any atom is 0.270 e. The van der Waals surface area contributed by atoms with Gasteiger partial charge in [0.2, 0.25) is 9.47 Å². The number of anilines is 1. The van der Waals surface area contributed by atoms with E-state index in [-0.39, 0.29) is 16.1 Å². The lowest BCUT2D eigenvalue weighted by Crippen LogP contribution is -2.36. The Morgan fingerprint density at radius 1 is 1.07 bits per heavy atom. The van der Waals surface area contributed by atoms with Crippen LogP contribution < -0.4 is 19.5 Å². The third-order valence-corrected chi connectivity index (χ3v) is 6.60. The number of methoxy groups -OCH3 is 1. The molecule has 1 heterocycles. The van der Waals surface area contributed by atoms with Crippen LogP contribution in [0, 0.1) is 0 Å². The van der Waals surface area contributed by atoms with Crippen molar-refractivity contribution < 1.29 is 22.7 Å². The predicted molar refractivity (Wildman–Crippen MR) is 113 cm³/mol. The third-order valence-electron chi connectivity index (χ3n) is 3.81. The molecular weight excluding hydrogens is 428 g/mol.